The van der Waals surface area contributed by atoms with Crippen LogP contribution in [0.1, 0.15) is 65.7 Å². The minimum atomic E-state index is 0.698. The summed E-state index contributed by atoms with van der Waals surface area (Å²) in [6.07, 6.45) is 9.95. The monoisotopic (exact) mass is 280 g/mol. The first-order chi connectivity index (χ1) is 9.70. The van der Waals surface area contributed by atoms with E-state index in [1.54, 1.807) is 0 Å². The quantitative estimate of drug-likeness (QED) is 0.793. The van der Waals surface area contributed by atoms with E-state index in [4.69, 9.17) is 0 Å². The van der Waals surface area contributed by atoms with Gasteiger partial charge in [-0.05, 0) is 70.0 Å². The highest BCUT2D eigenvalue weighted by atomic mass is 15.1. The summed E-state index contributed by atoms with van der Waals surface area (Å²) >= 11 is 0. The Labute approximate surface area is 126 Å². The van der Waals surface area contributed by atoms with Crippen LogP contribution in [0.3, 0.4) is 0 Å². The van der Waals surface area contributed by atoms with E-state index in [1.165, 1.54) is 71.1 Å². The van der Waals surface area contributed by atoms with Gasteiger partial charge in [0.1, 0.15) is 0 Å². The summed E-state index contributed by atoms with van der Waals surface area (Å²) in [6.45, 7) is 12.4. The van der Waals surface area contributed by atoms with Crippen molar-refractivity contribution in [1.82, 2.24) is 10.2 Å². The van der Waals surface area contributed by atoms with E-state index in [2.05, 4.69) is 31.0 Å². The molecule has 1 aliphatic carbocycles. The van der Waals surface area contributed by atoms with Gasteiger partial charge in [-0.1, -0.05) is 33.1 Å². The Kier molecular flexibility index (Phi) is 6.83. The summed E-state index contributed by atoms with van der Waals surface area (Å²) in [5.41, 5.74) is 0. The van der Waals surface area contributed by atoms with E-state index in [1.807, 2.05) is 0 Å². The molecule has 2 rings (SSSR count). The molecule has 1 aliphatic heterocycles. The number of likely N-dealkylation sites (tertiary alicyclic amines) is 1. The van der Waals surface area contributed by atoms with Gasteiger partial charge >= 0.3 is 0 Å². The van der Waals surface area contributed by atoms with Crippen molar-refractivity contribution in [2.75, 3.05) is 26.2 Å². The zero-order chi connectivity index (χ0) is 14.4. The molecule has 2 aliphatic rings. The maximum atomic E-state index is 3.89. The molecule has 4 atom stereocenters. The van der Waals surface area contributed by atoms with Gasteiger partial charge in [-0.3, -0.25) is 0 Å². The molecule has 0 spiro atoms. The smallest absolute Gasteiger partial charge is 0.00793 e. The first-order valence-electron chi connectivity index (χ1n) is 9.16. The Hall–Kier alpha value is -0.0800. The molecule has 20 heavy (non-hydrogen) atoms. The summed E-state index contributed by atoms with van der Waals surface area (Å²) in [6, 6.07) is 0.698. The van der Waals surface area contributed by atoms with Crippen molar-refractivity contribution in [2.24, 2.45) is 17.8 Å². The van der Waals surface area contributed by atoms with E-state index in [-0.39, 0.29) is 0 Å². The third-order valence-corrected chi connectivity index (χ3v) is 5.78. The lowest BCUT2D eigenvalue weighted by atomic mass is 9.80. The summed E-state index contributed by atoms with van der Waals surface area (Å²) in [5.74, 6) is 2.74. The molecule has 0 bridgehead atoms. The van der Waals surface area contributed by atoms with Crippen LogP contribution < -0.4 is 5.32 Å². The van der Waals surface area contributed by atoms with Gasteiger partial charge in [0.25, 0.3) is 0 Å². The van der Waals surface area contributed by atoms with Crippen molar-refractivity contribution in [1.29, 1.82) is 0 Å². The number of hydrogen-bond donors (Lipinski definition) is 1. The number of nitrogens with one attached hydrogen (secondary N) is 1. The van der Waals surface area contributed by atoms with Crippen molar-refractivity contribution >= 4 is 0 Å². The Morgan fingerprint density at radius 3 is 2.70 bits per heavy atom. The van der Waals surface area contributed by atoms with Crippen LogP contribution >= 0.6 is 0 Å². The van der Waals surface area contributed by atoms with E-state index >= 15 is 0 Å². The van der Waals surface area contributed by atoms with E-state index in [0.29, 0.717) is 6.04 Å². The topological polar surface area (TPSA) is 15.3 Å². The fraction of sp³-hybridized carbons (Fsp3) is 1.00. The Morgan fingerprint density at radius 2 is 1.95 bits per heavy atom. The van der Waals surface area contributed by atoms with Gasteiger partial charge in [-0.25, -0.2) is 0 Å². The molecule has 0 aromatic carbocycles. The zero-order valence-electron chi connectivity index (χ0n) is 14.0. The van der Waals surface area contributed by atoms with E-state index in [0.717, 1.165) is 17.8 Å². The molecule has 1 saturated carbocycles. The van der Waals surface area contributed by atoms with Crippen LogP contribution in [0.5, 0.6) is 0 Å². The molecule has 2 heteroatoms. The third kappa shape index (κ3) is 4.73. The van der Waals surface area contributed by atoms with Crippen molar-refractivity contribution in [3.05, 3.63) is 0 Å². The Morgan fingerprint density at radius 1 is 1.15 bits per heavy atom. The van der Waals surface area contributed by atoms with Gasteiger partial charge in [0, 0.05) is 12.6 Å². The Bertz CT molecular complexity index is 264. The summed E-state index contributed by atoms with van der Waals surface area (Å²) in [7, 11) is 0. The molecule has 0 radical (unpaired) electrons. The lowest BCUT2D eigenvalue weighted by Crippen LogP contribution is -2.46. The molecular formula is C18H36N2. The highest BCUT2D eigenvalue weighted by Gasteiger charge is 2.26. The van der Waals surface area contributed by atoms with Crippen molar-refractivity contribution < 1.29 is 0 Å². The minimum absolute atomic E-state index is 0.698. The standard InChI is InChI=1S/C18H36N2/c1-4-11-20-12-7-10-18(14-20)16(3)19-13-17-9-6-5-8-15(17)2/h15-19H,4-14H2,1-3H3. The maximum Gasteiger partial charge on any atom is 0.00793 e. The Balaban J connectivity index is 1.71. The van der Waals surface area contributed by atoms with Gasteiger partial charge in [0.15, 0.2) is 0 Å². The lowest BCUT2D eigenvalue weighted by molar-refractivity contribution is 0.144. The normalized spacial score (nSPS) is 34.0. The van der Waals surface area contributed by atoms with Gasteiger partial charge in [-0.15, -0.1) is 0 Å². The number of hydrogen-bond acceptors (Lipinski definition) is 2. The molecular weight excluding hydrogens is 244 g/mol. The number of piperidine rings is 1. The average Bonchev–Trinajstić information content (AvgIpc) is 2.47. The van der Waals surface area contributed by atoms with Crippen LogP contribution in [0.2, 0.25) is 0 Å². The van der Waals surface area contributed by atoms with Crippen LogP contribution in [0, 0.1) is 17.8 Å². The molecule has 1 heterocycles. The molecule has 4 unspecified atom stereocenters. The van der Waals surface area contributed by atoms with Crippen molar-refractivity contribution in [3.8, 4) is 0 Å². The highest BCUT2D eigenvalue weighted by molar-refractivity contribution is 4.82. The van der Waals surface area contributed by atoms with Crippen LogP contribution in [-0.4, -0.2) is 37.1 Å². The van der Waals surface area contributed by atoms with Crippen LogP contribution in [-0.2, 0) is 0 Å². The SMILES string of the molecule is CCCN1CCCC(C(C)NCC2CCCCC2C)C1. The lowest BCUT2D eigenvalue weighted by Gasteiger charge is -2.37. The van der Waals surface area contributed by atoms with Gasteiger partial charge in [0.2, 0.25) is 0 Å². The first kappa shape index (κ1) is 16.3. The largest absolute Gasteiger partial charge is 0.314 e. The van der Waals surface area contributed by atoms with Crippen molar-refractivity contribution in [3.63, 3.8) is 0 Å². The molecule has 1 N–H and O–H groups in total. The second-order valence-corrected chi connectivity index (χ2v) is 7.42. The molecule has 1 saturated heterocycles. The average molecular weight is 280 g/mol. The molecule has 2 nitrogen and oxygen atoms in total. The van der Waals surface area contributed by atoms with Crippen LogP contribution in [0.15, 0.2) is 0 Å². The second kappa shape index (κ2) is 8.38. The highest BCUT2D eigenvalue weighted by Crippen LogP contribution is 2.29. The number of rotatable bonds is 6. The first-order valence-corrected chi connectivity index (χ1v) is 9.16. The number of nitrogens with zero attached hydrogens (tertiary/aromatic N) is 1. The predicted molar refractivity (Wildman–Crippen MR) is 88.0 cm³/mol. The van der Waals surface area contributed by atoms with E-state index < -0.39 is 0 Å². The molecule has 0 aromatic rings. The third-order valence-electron chi connectivity index (χ3n) is 5.78. The molecule has 0 amide bonds. The van der Waals surface area contributed by atoms with Gasteiger partial charge in [-0.2, -0.15) is 0 Å². The van der Waals surface area contributed by atoms with Crippen LogP contribution in [0.25, 0.3) is 0 Å². The summed E-state index contributed by atoms with van der Waals surface area (Å²) < 4.78 is 0. The summed E-state index contributed by atoms with van der Waals surface area (Å²) in [4.78, 5) is 2.68. The maximum absolute atomic E-state index is 3.89. The van der Waals surface area contributed by atoms with Gasteiger partial charge in [0.05, 0.1) is 0 Å². The van der Waals surface area contributed by atoms with Gasteiger partial charge < -0.3 is 10.2 Å². The summed E-state index contributed by atoms with van der Waals surface area (Å²) in [5, 5.41) is 3.89. The predicted octanol–water partition coefficient (Wildman–Crippen LogP) is 3.91. The minimum Gasteiger partial charge on any atom is -0.314 e. The molecule has 0 aromatic heterocycles. The van der Waals surface area contributed by atoms with E-state index in [9.17, 15) is 0 Å². The van der Waals surface area contributed by atoms with Crippen LogP contribution in [0.4, 0.5) is 0 Å². The zero-order valence-corrected chi connectivity index (χ0v) is 14.0. The fourth-order valence-corrected chi connectivity index (χ4v) is 4.22. The molecule has 118 valence electrons. The second-order valence-electron chi connectivity index (χ2n) is 7.42. The van der Waals surface area contributed by atoms with Crippen molar-refractivity contribution in [2.45, 2.75) is 71.8 Å². The fourth-order valence-electron chi connectivity index (χ4n) is 4.22. The molecule has 2 fully saturated rings.